The molecule has 3 aromatic rings. The number of amides is 1. The zero-order chi connectivity index (χ0) is 23.8. The normalized spacial score (nSPS) is 12.4. The second-order valence-corrected chi connectivity index (χ2v) is 10.0. The Bertz CT molecular complexity index is 1130. The molecule has 0 aliphatic carbocycles. The lowest BCUT2D eigenvalue weighted by atomic mass is 10.1. The van der Waals surface area contributed by atoms with Gasteiger partial charge in [-0.2, -0.15) is 0 Å². The van der Waals surface area contributed by atoms with Crippen molar-refractivity contribution in [3.63, 3.8) is 0 Å². The summed E-state index contributed by atoms with van der Waals surface area (Å²) < 4.78 is 28.1. The molecule has 0 radical (unpaired) electrons. The highest BCUT2D eigenvalue weighted by Crippen LogP contribution is 2.24. The van der Waals surface area contributed by atoms with Gasteiger partial charge in [-0.25, -0.2) is 8.42 Å². The van der Waals surface area contributed by atoms with Gasteiger partial charge in [-0.15, -0.1) is 0 Å². The highest BCUT2D eigenvalue weighted by Gasteiger charge is 2.25. The van der Waals surface area contributed by atoms with Crippen molar-refractivity contribution in [2.75, 3.05) is 31.5 Å². The van der Waals surface area contributed by atoms with Crippen molar-refractivity contribution in [1.29, 1.82) is 0 Å². The van der Waals surface area contributed by atoms with Crippen LogP contribution in [0.2, 0.25) is 0 Å². The first kappa shape index (κ1) is 24.5. The van der Waals surface area contributed by atoms with Crippen LogP contribution in [0.1, 0.15) is 23.6 Å². The van der Waals surface area contributed by atoms with Gasteiger partial charge < -0.3 is 10.2 Å². The van der Waals surface area contributed by atoms with E-state index in [9.17, 15) is 13.2 Å². The predicted molar refractivity (Wildman–Crippen MR) is 133 cm³/mol. The number of anilines is 1. The number of carbonyl (C=O) groups is 1. The van der Waals surface area contributed by atoms with Crippen molar-refractivity contribution in [3.05, 3.63) is 96.1 Å². The van der Waals surface area contributed by atoms with Crippen LogP contribution in [0.15, 0.2) is 89.8 Å². The highest BCUT2D eigenvalue weighted by atomic mass is 32.2. The molecule has 0 saturated carbocycles. The summed E-state index contributed by atoms with van der Waals surface area (Å²) in [6, 6.07) is 25.6. The number of likely N-dealkylation sites (N-methyl/N-ethyl adjacent to an activating group) is 1. The van der Waals surface area contributed by atoms with Crippen LogP contribution in [-0.4, -0.2) is 46.4 Å². The summed E-state index contributed by atoms with van der Waals surface area (Å²) in [6.45, 7) is 2.39. The molecular weight excluding hydrogens is 434 g/mol. The molecule has 3 rings (SSSR count). The van der Waals surface area contributed by atoms with Crippen LogP contribution >= 0.6 is 0 Å². The van der Waals surface area contributed by atoms with E-state index in [1.54, 1.807) is 48.5 Å². The Kier molecular flexibility index (Phi) is 8.25. The lowest BCUT2D eigenvalue weighted by molar-refractivity contribution is -0.121. The maximum absolute atomic E-state index is 13.4. The third kappa shape index (κ3) is 6.43. The first-order valence-corrected chi connectivity index (χ1v) is 12.4. The van der Waals surface area contributed by atoms with Crippen LogP contribution in [0.25, 0.3) is 0 Å². The van der Waals surface area contributed by atoms with Gasteiger partial charge in [-0.3, -0.25) is 9.10 Å². The van der Waals surface area contributed by atoms with Crippen LogP contribution in [-0.2, 0) is 14.8 Å². The zero-order valence-electron chi connectivity index (χ0n) is 19.3. The van der Waals surface area contributed by atoms with Crippen LogP contribution in [0.5, 0.6) is 0 Å². The largest absolute Gasteiger partial charge is 0.354 e. The molecule has 0 fully saturated rings. The zero-order valence-corrected chi connectivity index (χ0v) is 20.1. The number of hydrogen-bond donors (Lipinski definition) is 1. The fraction of sp³-hybridized carbons (Fsp3) is 0.269. The molecule has 33 heavy (non-hydrogen) atoms. The average molecular weight is 466 g/mol. The molecule has 0 unspecified atom stereocenters. The molecule has 174 valence electrons. The number of nitrogens with zero attached hydrogens (tertiary/aromatic N) is 2. The van der Waals surface area contributed by atoms with E-state index in [2.05, 4.69) is 5.32 Å². The minimum Gasteiger partial charge on any atom is -0.354 e. The van der Waals surface area contributed by atoms with Gasteiger partial charge in [0.25, 0.3) is 10.0 Å². The minimum atomic E-state index is -3.81. The molecule has 1 atom stereocenters. The lowest BCUT2D eigenvalue weighted by Gasteiger charge is -2.26. The monoisotopic (exact) mass is 465 g/mol. The van der Waals surface area contributed by atoms with Crippen molar-refractivity contribution in [2.45, 2.75) is 24.3 Å². The summed E-state index contributed by atoms with van der Waals surface area (Å²) in [5.41, 5.74) is 2.62. The van der Waals surface area contributed by atoms with Crippen LogP contribution in [0, 0.1) is 6.92 Å². The quantitative estimate of drug-likeness (QED) is 0.491. The molecule has 0 aliphatic rings. The predicted octanol–water partition coefficient (Wildman–Crippen LogP) is 4.00. The number of hydrogen-bond acceptors (Lipinski definition) is 4. The van der Waals surface area contributed by atoms with Gasteiger partial charge in [0.15, 0.2) is 0 Å². The second kappa shape index (κ2) is 11.1. The third-order valence-corrected chi connectivity index (χ3v) is 7.34. The van der Waals surface area contributed by atoms with E-state index in [1.807, 2.05) is 62.3 Å². The summed E-state index contributed by atoms with van der Waals surface area (Å²) in [7, 11) is 0.126. The van der Waals surface area contributed by atoms with Crippen molar-refractivity contribution in [1.82, 2.24) is 10.2 Å². The molecular formula is C26H31N3O3S. The summed E-state index contributed by atoms with van der Waals surface area (Å²) in [5.74, 6) is -0.196. The van der Waals surface area contributed by atoms with Gasteiger partial charge in [0.05, 0.1) is 16.6 Å². The number of para-hydroxylation sites is 1. The first-order chi connectivity index (χ1) is 15.8. The number of benzene rings is 3. The summed E-state index contributed by atoms with van der Waals surface area (Å²) in [6.07, 6.45) is 0.0505. The van der Waals surface area contributed by atoms with E-state index in [0.717, 1.165) is 11.1 Å². The van der Waals surface area contributed by atoms with Crippen LogP contribution < -0.4 is 9.62 Å². The van der Waals surface area contributed by atoms with E-state index in [-0.39, 0.29) is 29.8 Å². The topological polar surface area (TPSA) is 69.7 Å². The van der Waals surface area contributed by atoms with Gasteiger partial charge in [0.2, 0.25) is 5.91 Å². The van der Waals surface area contributed by atoms with E-state index >= 15 is 0 Å². The first-order valence-electron chi connectivity index (χ1n) is 10.9. The summed E-state index contributed by atoms with van der Waals surface area (Å²) >= 11 is 0. The maximum atomic E-state index is 13.4. The number of rotatable bonds is 10. The van der Waals surface area contributed by atoms with Gasteiger partial charge >= 0.3 is 0 Å². The van der Waals surface area contributed by atoms with Crippen molar-refractivity contribution < 1.29 is 13.2 Å². The minimum absolute atomic E-state index is 0.0247. The Hall–Kier alpha value is -3.16. The smallest absolute Gasteiger partial charge is 0.264 e. The standard InChI is InChI=1S/C26H31N3O3S/c1-21-14-16-24(17-15-21)33(31,32)29(23-12-8-5-9-13-23)19-18-26(30)27-20-25(28(2)3)22-10-6-4-7-11-22/h4-17,25H,18-20H2,1-3H3,(H,27,30)/t25-/m1/s1. The molecule has 0 aromatic heterocycles. The molecule has 0 spiro atoms. The SMILES string of the molecule is Cc1ccc(S(=O)(=O)N(CCC(=O)NC[C@H](c2ccccc2)N(C)C)c2ccccc2)cc1. The fourth-order valence-corrected chi connectivity index (χ4v) is 5.06. The molecule has 3 aromatic carbocycles. The Morgan fingerprint density at radius 1 is 0.879 bits per heavy atom. The Labute approximate surface area is 196 Å². The van der Waals surface area contributed by atoms with E-state index in [0.29, 0.717) is 12.2 Å². The Morgan fingerprint density at radius 2 is 1.45 bits per heavy atom. The van der Waals surface area contributed by atoms with E-state index in [4.69, 9.17) is 0 Å². The number of nitrogens with one attached hydrogen (secondary N) is 1. The summed E-state index contributed by atoms with van der Waals surface area (Å²) in [5, 5.41) is 2.97. The lowest BCUT2D eigenvalue weighted by Crippen LogP contribution is -2.38. The van der Waals surface area contributed by atoms with E-state index in [1.165, 1.54) is 4.31 Å². The molecule has 1 amide bonds. The van der Waals surface area contributed by atoms with Crippen molar-refractivity contribution >= 4 is 21.6 Å². The molecule has 0 heterocycles. The van der Waals surface area contributed by atoms with Gasteiger partial charge in [0, 0.05) is 19.5 Å². The molecule has 6 nitrogen and oxygen atoms in total. The molecule has 1 N–H and O–H groups in total. The van der Waals surface area contributed by atoms with Crippen molar-refractivity contribution in [2.24, 2.45) is 0 Å². The number of carbonyl (C=O) groups excluding carboxylic acids is 1. The third-order valence-electron chi connectivity index (χ3n) is 5.50. The second-order valence-electron chi connectivity index (χ2n) is 8.17. The summed E-state index contributed by atoms with van der Waals surface area (Å²) in [4.78, 5) is 14.9. The Balaban J connectivity index is 1.72. The van der Waals surface area contributed by atoms with Gasteiger partial charge in [0.1, 0.15) is 0 Å². The Morgan fingerprint density at radius 3 is 2.03 bits per heavy atom. The van der Waals surface area contributed by atoms with Crippen LogP contribution in [0.3, 0.4) is 0 Å². The highest BCUT2D eigenvalue weighted by molar-refractivity contribution is 7.92. The van der Waals surface area contributed by atoms with Crippen LogP contribution in [0.4, 0.5) is 5.69 Å². The van der Waals surface area contributed by atoms with Gasteiger partial charge in [-0.05, 0) is 50.8 Å². The fourth-order valence-electron chi connectivity index (χ4n) is 3.60. The molecule has 0 saturated heterocycles. The number of sulfonamides is 1. The number of aryl methyl sites for hydroxylation is 1. The maximum Gasteiger partial charge on any atom is 0.264 e. The van der Waals surface area contributed by atoms with Gasteiger partial charge in [-0.1, -0.05) is 66.2 Å². The average Bonchev–Trinajstić information content (AvgIpc) is 2.80. The van der Waals surface area contributed by atoms with Crippen molar-refractivity contribution in [3.8, 4) is 0 Å². The molecule has 0 aliphatic heterocycles. The molecule has 0 bridgehead atoms. The molecule has 7 heteroatoms. The van der Waals surface area contributed by atoms with E-state index < -0.39 is 10.0 Å².